The number of halogens is 1. The van der Waals surface area contributed by atoms with Crippen LogP contribution in [0.25, 0.3) is 10.9 Å². The van der Waals surface area contributed by atoms with Crippen LogP contribution in [0.4, 0.5) is 4.39 Å². The monoisotopic (exact) mass is 234 g/mol. The molecule has 2 rings (SSSR count). The molecule has 0 aliphatic rings. The van der Waals surface area contributed by atoms with Crippen molar-refractivity contribution in [2.75, 3.05) is 6.54 Å². The number of aryl methyl sites for hydroxylation is 1. The fourth-order valence-corrected chi connectivity index (χ4v) is 1.86. The molecule has 3 N–H and O–H groups in total. The molecule has 0 saturated heterocycles. The first-order chi connectivity index (χ1) is 8.20. The van der Waals surface area contributed by atoms with E-state index in [1.54, 1.807) is 6.07 Å². The highest BCUT2D eigenvalue weighted by Gasteiger charge is 2.03. The Kier molecular flexibility index (Phi) is 3.54. The molecule has 1 heterocycles. The number of aromatic amines is 1. The van der Waals surface area contributed by atoms with Crippen LogP contribution < -0.4 is 11.3 Å². The number of nitrogens with one attached hydrogen (secondary N) is 1. The van der Waals surface area contributed by atoms with Gasteiger partial charge in [-0.15, -0.1) is 0 Å². The maximum absolute atomic E-state index is 13.0. The SMILES string of the molecule is NCCCCc1cc2ccc(F)cc2[nH]c1=O. The third-order valence-electron chi connectivity index (χ3n) is 2.79. The van der Waals surface area contributed by atoms with E-state index in [4.69, 9.17) is 5.73 Å². The maximum atomic E-state index is 13.0. The summed E-state index contributed by atoms with van der Waals surface area (Å²) >= 11 is 0. The van der Waals surface area contributed by atoms with Crippen LogP contribution in [-0.4, -0.2) is 11.5 Å². The first kappa shape index (κ1) is 11.8. The molecule has 4 heteroatoms. The third kappa shape index (κ3) is 2.71. The number of hydrogen-bond acceptors (Lipinski definition) is 2. The molecule has 3 nitrogen and oxygen atoms in total. The number of pyridine rings is 1. The van der Waals surface area contributed by atoms with E-state index in [1.165, 1.54) is 12.1 Å². The van der Waals surface area contributed by atoms with Crippen molar-refractivity contribution < 1.29 is 4.39 Å². The van der Waals surface area contributed by atoms with Crippen LogP contribution in [0.3, 0.4) is 0 Å². The largest absolute Gasteiger partial charge is 0.330 e. The Morgan fingerprint density at radius 3 is 2.82 bits per heavy atom. The molecule has 1 aromatic carbocycles. The quantitative estimate of drug-likeness (QED) is 0.794. The lowest BCUT2D eigenvalue weighted by Crippen LogP contribution is -2.12. The Morgan fingerprint density at radius 1 is 1.24 bits per heavy atom. The lowest BCUT2D eigenvalue weighted by Gasteiger charge is -2.03. The predicted molar refractivity (Wildman–Crippen MR) is 66.5 cm³/mol. The smallest absolute Gasteiger partial charge is 0.251 e. The van der Waals surface area contributed by atoms with Gasteiger partial charge in [0, 0.05) is 5.56 Å². The Labute approximate surface area is 98.5 Å². The molecule has 1 aromatic heterocycles. The van der Waals surface area contributed by atoms with Gasteiger partial charge < -0.3 is 10.7 Å². The molecule has 0 unspecified atom stereocenters. The van der Waals surface area contributed by atoms with Crippen LogP contribution in [0.2, 0.25) is 0 Å². The van der Waals surface area contributed by atoms with Crippen molar-refractivity contribution in [2.45, 2.75) is 19.3 Å². The zero-order valence-corrected chi connectivity index (χ0v) is 9.50. The fraction of sp³-hybridized carbons (Fsp3) is 0.308. The van der Waals surface area contributed by atoms with Gasteiger partial charge in [-0.3, -0.25) is 4.79 Å². The second-order valence-electron chi connectivity index (χ2n) is 4.10. The molecule has 2 aromatic rings. The molecule has 0 amide bonds. The number of aromatic nitrogens is 1. The second kappa shape index (κ2) is 5.10. The van der Waals surface area contributed by atoms with Crippen molar-refractivity contribution in [3.05, 3.63) is 46.0 Å². The molecular weight excluding hydrogens is 219 g/mol. The number of fused-ring (bicyclic) bond motifs is 1. The number of benzene rings is 1. The highest BCUT2D eigenvalue weighted by molar-refractivity contribution is 5.78. The van der Waals surface area contributed by atoms with Gasteiger partial charge in [-0.2, -0.15) is 0 Å². The van der Waals surface area contributed by atoms with E-state index in [1.807, 2.05) is 6.07 Å². The highest BCUT2D eigenvalue weighted by atomic mass is 19.1. The first-order valence-corrected chi connectivity index (χ1v) is 5.72. The van der Waals surface area contributed by atoms with Crippen LogP contribution in [0, 0.1) is 5.82 Å². The van der Waals surface area contributed by atoms with Crippen LogP contribution in [0.15, 0.2) is 29.1 Å². The molecule has 0 fully saturated rings. The predicted octanol–water partition coefficient (Wildman–Crippen LogP) is 1.95. The third-order valence-corrected chi connectivity index (χ3v) is 2.79. The van der Waals surface area contributed by atoms with E-state index in [0.717, 1.165) is 23.8 Å². The summed E-state index contributed by atoms with van der Waals surface area (Å²) in [7, 11) is 0. The number of nitrogens with two attached hydrogens (primary N) is 1. The number of hydrogen-bond donors (Lipinski definition) is 2. The van der Waals surface area contributed by atoms with Gasteiger partial charge in [-0.1, -0.05) is 0 Å². The summed E-state index contributed by atoms with van der Waals surface area (Å²) in [4.78, 5) is 14.4. The first-order valence-electron chi connectivity index (χ1n) is 5.72. The van der Waals surface area contributed by atoms with Crippen molar-refractivity contribution in [3.8, 4) is 0 Å². The molecule has 0 spiro atoms. The van der Waals surface area contributed by atoms with Gasteiger partial charge in [0.15, 0.2) is 0 Å². The number of H-pyrrole nitrogens is 1. The summed E-state index contributed by atoms with van der Waals surface area (Å²) in [5.41, 5.74) is 6.54. The number of unbranched alkanes of at least 4 members (excludes halogenated alkanes) is 1. The lowest BCUT2D eigenvalue weighted by molar-refractivity contribution is 0.629. The van der Waals surface area contributed by atoms with Crippen LogP contribution in [0.1, 0.15) is 18.4 Å². The molecule has 17 heavy (non-hydrogen) atoms. The van der Waals surface area contributed by atoms with Crippen molar-refractivity contribution in [1.29, 1.82) is 0 Å². The van der Waals surface area contributed by atoms with E-state index >= 15 is 0 Å². The van der Waals surface area contributed by atoms with E-state index in [9.17, 15) is 9.18 Å². The zero-order valence-electron chi connectivity index (χ0n) is 9.50. The van der Waals surface area contributed by atoms with Crippen LogP contribution in [0.5, 0.6) is 0 Å². The average molecular weight is 234 g/mol. The second-order valence-corrected chi connectivity index (χ2v) is 4.10. The molecular formula is C13H15FN2O. The summed E-state index contributed by atoms with van der Waals surface area (Å²) < 4.78 is 13.0. The summed E-state index contributed by atoms with van der Waals surface area (Å²) in [5.74, 6) is -0.343. The fourth-order valence-electron chi connectivity index (χ4n) is 1.86. The van der Waals surface area contributed by atoms with Crippen LogP contribution in [-0.2, 0) is 6.42 Å². The van der Waals surface area contributed by atoms with Crippen molar-refractivity contribution in [3.63, 3.8) is 0 Å². The van der Waals surface area contributed by atoms with Crippen molar-refractivity contribution >= 4 is 10.9 Å². The summed E-state index contributed by atoms with van der Waals surface area (Å²) in [5, 5.41) is 0.855. The van der Waals surface area contributed by atoms with Crippen molar-refractivity contribution in [2.24, 2.45) is 5.73 Å². The zero-order chi connectivity index (χ0) is 12.3. The van der Waals surface area contributed by atoms with Gasteiger partial charge in [-0.05, 0) is 55.5 Å². The molecule has 0 saturated carbocycles. The highest BCUT2D eigenvalue weighted by Crippen LogP contribution is 2.13. The minimum absolute atomic E-state index is 0.139. The topological polar surface area (TPSA) is 58.9 Å². The van der Waals surface area contributed by atoms with Gasteiger partial charge >= 0.3 is 0 Å². The average Bonchev–Trinajstić information content (AvgIpc) is 2.30. The van der Waals surface area contributed by atoms with Crippen LogP contribution >= 0.6 is 0 Å². The van der Waals surface area contributed by atoms with Gasteiger partial charge in [0.1, 0.15) is 5.82 Å². The Balaban J connectivity index is 2.35. The molecule has 0 radical (unpaired) electrons. The molecule has 0 bridgehead atoms. The Morgan fingerprint density at radius 2 is 2.06 bits per heavy atom. The Hall–Kier alpha value is -1.68. The van der Waals surface area contributed by atoms with Crippen molar-refractivity contribution in [1.82, 2.24) is 4.98 Å². The molecule has 0 aliphatic carbocycles. The van der Waals surface area contributed by atoms with E-state index in [0.29, 0.717) is 18.5 Å². The maximum Gasteiger partial charge on any atom is 0.251 e. The minimum atomic E-state index is -0.343. The normalized spacial score (nSPS) is 10.9. The number of rotatable bonds is 4. The van der Waals surface area contributed by atoms with Gasteiger partial charge in [0.2, 0.25) is 0 Å². The van der Waals surface area contributed by atoms with E-state index in [-0.39, 0.29) is 11.4 Å². The Bertz CT molecular complexity index is 577. The van der Waals surface area contributed by atoms with Gasteiger partial charge in [-0.25, -0.2) is 4.39 Å². The standard InChI is InChI=1S/C13H15FN2O/c14-11-5-4-9-7-10(3-1-2-6-15)13(17)16-12(9)8-11/h4-5,7-8H,1-3,6,15H2,(H,16,17). The minimum Gasteiger partial charge on any atom is -0.330 e. The van der Waals surface area contributed by atoms with Gasteiger partial charge in [0.05, 0.1) is 5.52 Å². The van der Waals surface area contributed by atoms with E-state index in [2.05, 4.69) is 4.98 Å². The summed E-state index contributed by atoms with van der Waals surface area (Å²) in [6.07, 6.45) is 2.51. The summed E-state index contributed by atoms with van der Waals surface area (Å²) in [6.45, 7) is 0.636. The molecule has 0 aliphatic heterocycles. The summed E-state index contributed by atoms with van der Waals surface area (Å²) in [6, 6.07) is 6.22. The molecule has 0 atom stereocenters. The molecule has 90 valence electrons. The lowest BCUT2D eigenvalue weighted by atomic mass is 10.1. The van der Waals surface area contributed by atoms with E-state index < -0.39 is 0 Å². The van der Waals surface area contributed by atoms with Gasteiger partial charge in [0.25, 0.3) is 5.56 Å².